The third-order valence-corrected chi connectivity index (χ3v) is 3.41. The lowest BCUT2D eigenvalue weighted by atomic mass is 9.91. The van der Waals surface area contributed by atoms with Crippen molar-refractivity contribution in [2.24, 2.45) is 11.8 Å². The summed E-state index contributed by atoms with van der Waals surface area (Å²) in [5.74, 6) is -1.26. The van der Waals surface area contributed by atoms with Crippen LogP contribution in [0.4, 0.5) is 4.79 Å². The molecule has 1 saturated heterocycles. The Morgan fingerprint density at radius 1 is 1.30 bits per heavy atom. The van der Waals surface area contributed by atoms with Gasteiger partial charge in [-0.25, -0.2) is 4.79 Å². The largest absolute Gasteiger partial charge is 0.481 e. The lowest BCUT2D eigenvalue weighted by Gasteiger charge is -2.34. The number of piperidine rings is 1. The highest BCUT2D eigenvalue weighted by Crippen LogP contribution is 2.21. The molecule has 0 aliphatic carbocycles. The molecule has 20 heavy (non-hydrogen) atoms. The molecule has 0 aromatic carbocycles. The quantitative estimate of drug-likeness (QED) is 0.773. The van der Waals surface area contributed by atoms with Crippen molar-refractivity contribution < 1.29 is 19.5 Å². The zero-order chi connectivity index (χ0) is 15.3. The Labute approximate surface area is 118 Å². The van der Waals surface area contributed by atoms with Crippen LogP contribution in [-0.2, 0) is 9.59 Å². The molecule has 1 rings (SSSR count). The number of nitrogens with one attached hydrogen (secondary N) is 1. The predicted octanol–water partition coefficient (Wildman–Crippen LogP) is 0.217. The van der Waals surface area contributed by atoms with Gasteiger partial charge in [-0.05, 0) is 12.3 Å². The Balaban J connectivity index is 2.42. The zero-order valence-electron chi connectivity index (χ0n) is 12.3. The van der Waals surface area contributed by atoms with Crippen LogP contribution in [-0.4, -0.2) is 66.5 Å². The van der Waals surface area contributed by atoms with Crippen molar-refractivity contribution in [3.05, 3.63) is 0 Å². The van der Waals surface area contributed by atoms with Crippen LogP contribution in [0.3, 0.4) is 0 Å². The van der Waals surface area contributed by atoms with E-state index in [0.29, 0.717) is 13.0 Å². The van der Waals surface area contributed by atoms with Crippen LogP contribution in [0.1, 0.15) is 19.8 Å². The maximum absolute atomic E-state index is 12.0. The van der Waals surface area contributed by atoms with Crippen LogP contribution in [0.2, 0.25) is 0 Å². The van der Waals surface area contributed by atoms with Crippen molar-refractivity contribution in [1.29, 1.82) is 0 Å². The van der Waals surface area contributed by atoms with Crippen LogP contribution in [0, 0.1) is 11.8 Å². The van der Waals surface area contributed by atoms with E-state index in [4.69, 9.17) is 5.11 Å². The summed E-state index contributed by atoms with van der Waals surface area (Å²) in [6.45, 7) is 2.98. The van der Waals surface area contributed by atoms with Gasteiger partial charge in [0.2, 0.25) is 5.91 Å². The molecule has 0 aromatic heterocycles. The summed E-state index contributed by atoms with van der Waals surface area (Å²) in [6, 6.07) is -0.297. The van der Waals surface area contributed by atoms with Gasteiger partial charge in [0.15, 0.2) is 0 Å². The fourth-order valence-corrected chi connectivity index (χ4v) is 2.31. The molecule has 0 saturated carbocycles. The van der Waals surface area contributed by atoms with E-state index in [0.717, 1.165) is 0 Å². The number of carbonyl (C=O) groups is 3. The van der Waals surface area contributed by atoms with Gasteiger partial charge in [-0.15, -0.1) is 0 Å². The molecule has 2 atom stereocenters. The molecule has 7 nitrogen and oxygen atoms in total. The van der Waals surface area contributed by atoms with E-state index < -0.39 is 11.9 Å². The van der Waals surface area contributed by atoms with E-state index in [2.05, 4.69) is 5.32 Å². The van der Waals surface area contributed by atoms with E-state index in [1.165, 1.54) is 9.80 Å². The molecule has 1 aliphatic heterocycles. The van der Waals surface area contributed by atoms with E-state index >= 15 is 0 Å². The van der Waals surface area contributed by atoms with Crippen LogP contribution < -0.4 is 5.32 Å². The fraction of sp³-hybridized carbons (Fsp3) is 0.769. The van der Waals surface area contributed by atoms with Gasteiger partial charge in [0, 0.05) is 40.2 Å². The van der Waals surface area contributed by atoms with Crippen molar-refractivity contribution in [1.82, 2.24) is 15.1 Å². The number of nitrogens with zero attached hydrogens (tertiary/aromatic N) is 2. The van der Waals surface area contributed by atoms with Crippen LogP contribution in [0.5, 0.6) is 0 Å². The van der Waals surface area contributed by atoms with Crippen molar-refractivity contribution in [3.63, 3.8) is 0 Å². The van der Waals surface area contributed by atoms with Gasteiger partial charge in [-0.1, -0.05) is 6.92 Å². The monoisotopic (exact) mass is 285 g/mol. The Morgan fingerprint density at radius 3 is 2.50 bits per heavy atom. The number of carboxylic acid groups (broad SMARTS) is 1. The van der Waals surface area contributed by atoms with Crippen molar-refractivity contribution in [3.8, 4) is 0 Å². The molecular weight excluding hydrogens is 262 g/mol. The highest BCUT2D eigenvalue weighted by atomic mass is 16.4. The first kappa shape index (κ1) is 16.3. The molecule has 0 spiro atoms. The molecule has 1 aliphatic rings. The lowest BCUT2D eigenvalue weighted by molar-refractivity contribution is -0.143. The summed E-state index contributed by atoms with van der Waals surface area (Å²) in [7, 11) is 3.32. The number of hydrogen-bond acceptors (Lipinski definition) is 3. The number of aliphatic carboxylic acids is 1. The number of carbonyl (C=O) groups excluding carboxylic acids is 2. The Bertz CT molecular complexity index is 384. The first-order valence-electron chi connectivity index (χ1n) is 6.77. The fourth-order valence-electron chi connectivity index (χ4n) is 2.31. The second kappa shape index (κ2) is 7.12. The topological polar surface area (TPSA) is 90.0 Å². The van der Waals surface area contributed by atoms with Gasteiger partial charge in [0.25, 0.3) is 0 Å². The van der Waals surface area contributed by atoms with E-state index in [1.807, 2.05) is 6.92 Å². The first-order valence-corrected chi connectivity index (χ1v) is 6.77. The average Bonchev–Trinajstić information content (AvgIpc) is 2.37. The first-order chi connectivity index (χ1) is 9.31. The normalized spacial score (nSPS) is 22.2. The Hall–Kier alpha value is -1.79. The summed E-state index contributed by atoms with van der Waals surface area (Å²) >= 11 is 0. The van der Waals surface area contributed by atoms with Gasteiger partial charge in [-0.3, -0.25) is 9.59 Å². The van der Waals surface area contributed by atoms with Crippen molar-refractivity contribution in [2.45, 2.75) is 19.8 Å². The predicted molar refractivity (Wildman–Crippen MR) is 73.2 cm³/mol. The van der Waals surface area contributed by atoms with Gasteiger partial charge in [-0.2, -0.15) is 0 Å². The Kier molecular flexibility index (Phi) is 5.79. The lowest BCUT2D eigenvalue weighted by Crippen LogP contribution is -2.49. The maximum atomic E-state index is 12.0. The van der Waals surface area contributed by atoms with Gasteiger partial charge in [0.1, 0.15) is 0 Å². The number of amides is 3. The van der Waals surface area contributed by atoms with E-state index in [9.17, 15) is 14.4 Å². The zero-order valence-corrected chi connectivity index (χ0v) is 12.3. The molecule has 1 fully saturated rings. The third-order valence-electron chi connectivity index (χ3n) is 3.41. The smallest absolute Gasteiger partial charge is 0.317 e. The molecule has 114 valence electrons. The second-order valence-corrected chi connectivity index (χ2v) is 5.55. The van der Waals surface area contributed by atoms with Crippen molar-refractivity contribution >= 4 is 17.9 Å². The molecular formula is C13H23N3O4. The second-order valence-electron chi connectivity index (χ2n) is 5.55. The molecule has 7 heteroatoms. The molecule has 0 bridgehead atoms. The molecule has 2 unspecified atom stereocenters. The molecule has 0 aromatic rings. The average molecular weight is 285 g/mol. The maximum Gasteiger partial charge on any atom is 0.317 e. The van der Waals surface area contributed by atoms with Gasteiger partial charge >= 0.3 is 12.0 Å². The summed E-state index contributed by atoms with van der Waals surface area (Å²) in [4.78, 5) is 37.4. The minimum absolute atomic E-state index is 0.0549. The van der Waals surface area contributed by atoms with Gasteiger partial charge in [0.05, 0.1) is 5.92 Å². The van der Waals surface area contributed by atoms with Gasteiger partial charge < -0.3 is 20.2 Å². The van der Waals surface area contributed by atoms with E-state index in [1.54, 1.807) is 14.1 Å². The summed E-state index contributed by atoms with van der Waals surface area (Å²) in [5.41, 5.74) is 0. The minimum Gasteiger partial charge on any atom is -0.481 e. The molecule has 1 heterocycles. The molecule has 0 radical (unpaired) electrons. The number of likely N-dealkylation sites (tertiary alicyclic amines) is 1. The highest BCUT2D eigenvalue weighted by Gasteiger charge is 2.31. The van der Waals surface area contributed by atoms with Crippen molar-refractivity contribution in [2.75, 3.05) is 33.7 Å². The number of rotatable bonds is 4. The molecule has 2 N–H and O–H groups in total. The summed E-state index contributed by atoms with van der Waals surface area (Å²) in [6.07, 6.45) is 0.836. The Morgan fingerprint density at radius 2 is 1.95 bits per heavy atom. The number of carboxylic acids is 1. The highest BCUT2D eigenvalue weighted by molar-refractivity contribution is 5.78. The van der Waals surface area contributed by atoms with Crippen LogP contribution in [0.15, 0.2) is 0 Å². The summed E-state index contributed by atoms with van der Waals surface area (Å²) < 4.78 is 0. The van der Waals surface area contributed by atoms with Crippen LogP contribution >= 0.6 is 0 Å². The third kappa shape index (κ3) is 4.71. The summed E-state index contributed by atoms with van der Waals surface area (Å²) in [5, 5.41) is 11.7. The van der Waals surface area contributed by atoms with Crippen LogP contribution in [0.25, 0.3) is 0 Å². The number of urea groups is 1. The minimum atomic E-state index is -0.864. The standard InChI is InChI=1S/C13H23N3O4/c1-9-6-10(12(18)19)8-16(7-9)13(20)14-5-4-11(17)15(2)3/h9-10H,4-8H2,1-3H3,(H,14,20)(H,18,19). The SMILES string of the molecule is CC1CC(C(=O)O)CN(C(=O)NCCC(=O)N(C)C)C1. The van der Waals surface area contributed by atoms with E-state index in [-0.39, 0.29) is 37.4 Å². The molecule has 3 amide bonds. The number of hydrogen-bond donors (Lipinski definition) is 2.